The maximum atomic E-state index is 12.1. The number of aryl methyl sites for hydroxylation is 1. The molecule has 0 aromatic carbocycles. The second-order valence-electron chi connectivity index (χ2n) is 5.29. The van der Waals surface area contributed by atoms with Crippen molar-refractivity contribution < 1.29 is 4.79 Å². The van der Waals surface area contributed by atoms with E-state index >= 15 is 0 Å². The number of carbonyl (C=O) groups is 1. The van der Waals surface area contributed by atoms with Gasteiger partial charge in [0.05, 0.1) is 0 Å². The van der Waals surface area contributed by atoms with Crippen molar-refractivity contribution in [3.05, 3.63) is 42.4 Å². The summed E-state index contributed by atoms with van der Waals surface area (Å²) in [5.74, 6) is 0.849. The molecule has 0 saturated carbocycles. The summed E-state index contributed by atoms with van der Waals surface area (Å²) >= 11 is 0. The van der Waals surface area contributed by atoms with Gasteiger partial charge in [0, 0.05) is 38.6 Å². The smallest absolute Gasteiger partial charge is 0.267 e. The first-order valence-corrected chi connectivity index (χ1v) is 7.19. The summed E-state index contributed by atoms with van der Waals surface area (Å²) in [5, 5.41) is 11.1. The lowest BCUT2D eigenvalue weighted by atomic mass is 10.2. The van der Waals surface area contributed by atoms with E-state index in [2.05, 4.69) is 20.4 Å². The maximum absolute atomic E-state index is 12.1. The molecule has 3 heterocycles. The SMILES string of the molecule is Cn1cccc1C(=O)NC[C@H]1CCCN1c1cccnn1. The molecule has 1 N–H and O–H groups in total. The second-order valence-corrected chi connectivity index (χ2v) is 5.29. The van der Waals surface area contributed by atoms with Gasteiger partial charge in [-0.25, -0.2) is 0 Å². The first kappa shape index (κ1) is 13.6. The summed E-state index contributed by atoms with van der Waals surface area (Å²) in [6.45, 7) is 1.59. The van der Waals surface area contributed by atoms with Gasteiger partial charge in [0.1, 0.15) is 5.69 Å². The molecule has 0 bridgehead atoms. The summed E-state index contributed by atoms with van der Waals surface area (Å²) in [6.07, 6.45) is 5.72. The summed E-state index contributed by atoms with van der Waals surface area (Å²) in [7, 11) is 1.87. The third-order valence-corrected chi connectivity index (χ3v) is 3.90. The van der Waals surface area contributed by atoms with Crippen LogP contribution in [-0.2, 0) is 7.05 Å². The molecule has 2 aromatic heterocycles. The molecule has 0 unspecified atom stereocenters. The molecule has 0 radical (unpaired) electrons. The summed E-state index contributed by atoms with van der Waals surface area (Å²) in [4.78, 5) is 14.4. The molecule has 1 atom stereocenters. The Morgan fingerprint density at radius 2 is 2.33 bits per heavy atom. The molecular formula is C15H19N5O. The number of nitrogens with zero attached hydrogens (tertiary/aromatic N) is 4. The van der Waals surface area contributed by atoms with Gasteiger partial charge in [-0.1, -0.05) is 0 Å². The number of aromatic nitrogens is 3. The van der Waals surface area contributed by atoms with Gasteiger partial charge >= 0.3 is 0 Å². The van der Waals surface area contributed by atoms with Crippen molar-refractivity contribution >= 4 is 11.7 Å². The quantitative estimate of drug-likeness (QED) is 0.917. The Kier molecular flexibility index (Phi) is 3.85. The molecule has 1 fully saturated rings. The van der Waals surface area contributed by atoms with Crippen molar-refractivity contribution in [2.24, 2.45) is 7.05 Å². The lowest BCUT2D eigenvalue weighted by Crippen LogP contribution is -2.41. The number of nitrogens with one attached hydrogen (secondary N) is 1. The van der Waals surface area contributed by atoms with Crippen molar-refractivity contribution in [1.29, 1.82) is 0 Å². The normalized spacial score (nSPS) is 18.0. The number of hydrogen-bond donors (Lipinski definition) is 1. The Labute approximate surface area is 123 Å². The van der Waals surface area contributed by atoms with Gasteiger partial charge in [0.25, 0.3) is 5.91 Å². The largest absolute Gasteiger partial charge is 0.350 e. The van der Waals surface area contributed by atoms with Gasteiger partial charge in [-0.05, 0) is 37.1 Å². The zero-order chi connectivity index (χ0) is 14.7. The van der Waals surface area contributed by atoms with Crippen molar-refractivity contribution in [2.75, 3.05) is 18.0 Å². The number of amides is 1. The van der Waals surface area contributed by atoms with Crippen LogP contribution in [-0.4, -0.2) is 39.8 Å². The molecule has 1 amide bonds. The van der Waals surface area contributed by atoms with Crippen LogP contribution >= 0.6 is 0 Å². The van der Waals surface area contributed by atoms with Crippen LogP contribution in [0.3, 0.4) is 0 Å². The lowest BCUT2D eigenvalue weighted by Gasteiger charge is -2.25. The van der Waals surface area contributed by atoms with Crippen molar-refractivity contribution in [3.8, 4) is 0 Å². The minimum Gasteiger partial charge on any atom is -0.350 e. The van der Waals surface area contributed by atoms with Crippen molar-refractivity contribution in [2.45, 2.75) is 18.9 Å². The summed E-state index contributed by atoms with van der Waals surface area (Å²) in [5.41, 5.74) is 0.680. The van der Waals surface area contributed by atoms with E-state index in [4.69, 9.17) is 0 Å². The topological polar surface area (TPSA) is 63.1 Å². The van der Waals surface area contributed by atoms with Crippen molar-refractivity contribution in [1.82, 2.24) is 20.1 Å². The second kappa shape index (κ2) is 5.95. The molecule has 6 heteroatoms. The van der Waals surface area contributed by atoms with Gasteiger partial charge in [0.2, 0.25) is 0 Å². The van der Waals surface area contributed by atoms with E-state index in [9.17, 15) is 4.79 Å². The fourth-order valence-electron chi connectivity index (χ4n) is 2.79. The van der Waals surface area contributed by atoms with Crippen LogP contribution in [0, 0.1) is 0 Å². The molecule has 110 valence electrons. The fourth-order valence-corrected chi connectivity index (χ4v) is 2.79. The zero-order valence-corrected chi connectivity index (χ0v) is 12.1. The molecule has 2 aromatic rings. The summed E-state index contributed by atoms with van der Waals surface area (Å²) < 4.78 is 1.82. The first-order chi connectivity index (χ1) is 10.3. The van der Waals surface area contributed by atoms with E-state index in [1.54, 1.807) is 6.20 Å². The Morgan fingerprint density at radius 1 is 1.43 bits per heavy atom. The van der Waals surface area contributed by atoms with Gasteiger partial charge < -0.3 is 14.8 Å². The lowest BCUT2D eigenvalue weighted by molar-refractivity contribution is 0.0943. The molecule has 21 heavy (non-hydrogen) atoms. The number of rotatable bonds is 4. The molecule has 6 nitrogen and oxygen atoms in total. The van der Waals surface area contributed by atoms with E-state index < -0.39 is 0 Å². The fraction of sp³-hybridized carbons (Fsp3) is 0.400. The van der Waals surface area contributed by atoms with Gasteiger partial charge in [0.15, 0.2) is 5.82 Å². The Morgan fingerprint density at radius 3 is 3.05 bits per heavy atom. The number of anilines is 1. The standard InChI is InChI=1S/C15H19N5O/c1-19-9-4-6-13(19)15(21)16-11-12-5-3-10-20(12)14-7-2-8-17-18-14/h2,4,6-9,12H,3,5,10-11H2,1H3,(H,16,21)/t12-/m1/s1. The Bertz CT molecular complexity index is 610. The predicted molar refractivity (Wildman–Crippen MR) is 80.1 cm³/mol. The molecule has 3 rings (SSSR count). The van der Waals surface area contributed by atoms with Crippen LogP contribution in [0.1, 0.15) is 23.3 Å². The average molecular weight is 285 g/mol. The third kappa shape index (κ3) is 2.89. The van der Waals surface area contributed by atoms with Crippen LogP contribution in [0.2, 0.25) is 0 Å². The predicted octanol–water partition coefficient (Wildman–Crippen LogP) is 1.21. The van der Waals surface area contributed by atoms with E-state index in [1.165, 1.54) is 0 Å². The van der Waals surface area contributed by atoms with E-state index in [1.807, 2.05) is 42.1 Å². The molecular weight excluding hydrogens is 266 g/mol. The van der Waals surface area contributed by atoms with Gasteiger partial charge in [-0.3, -0.25) is 4.79 Å². The molecule has 0 aliphatic carbocycles. The zero-order valence-electron chi connectivity index (χ0n) is 12.1. The summed E-state index contributed by atoms with van der Waals surface area (Å²) in [6, 6.07) is 7.83. The van der Waals surface area contributed by atoms with Crippen LogP contribution < -0.4 is 10.2 Å². The Balaban J connectivity index is 1.62. The minimum absolute atomic E-state index is 0.0338. The molecule has 1 aliphatic rings. The van der Waals surface area contributed by atoms with Gasteiger partial charge in [-0.15, -0.1) is 5.10 Å². The highest BCUT2D eigenvalue weighted by atomic mass is 16.1. The van der Waals surface area contributed by atoms with Crippen LogP contribution in [0.15, 0.2) is 36.7 Å². The highest BCUT2D eigenvalue weighted by Gasteiger charge is 2.26. The van der Waals surface area contributed by atoms with E-state index in [-0.39, 0.29) is 11.9 Å². The minimum atomic E-state index is -0.0338. The average Bonchev–Trinajstić information content (AvgIpc) is 3.14. The molecule has 1 aliphatic heterocycles. The third-order valence-electron chi connectivity index (χ3n) is 3.90. The number of hydrogen-bond acceptors (Lipinski definition) is 4. The first-order valence-electron chi connectivity index (χ1n) is 7.19. The monoisotopic (exact) mass is 285 g/mol. The van der Waals surface area contributed by atoms with Gasteiger partial charge in [-0.2, -0.15) is 5.10 Å². The molecule has 1 saturated heterocycles. The van der Waals surface area contributed by atoms with Crippen LogP contribution in [0.5, 0.6) is 0 Å². The van der Waals surface area contributed by atoms with Crippen LogP contribution in [0.25, 0.3) is 0 Å². The van der Waals surface area contributed by atoms with Crippen LogP contribution in [0.4, 0.5) is 5.82 Å². The highest BCUT2D eigenvalue weighted by Crippen LogP contribution is 2.22. The number of carbonyl (C=O) groups excluding carboxylic acids is 1. The Hall–Kier alpha value is -2.37. The van der Waals surface area contributed by atoms with Crippen molar-refractivity contribution in [3.63, 3.8) is 0 Å². The molecule has 0 spiro atoms. The highest BCUT2D eigenvalue weighted by molar-refractivity contribution is 5.92. The van der Waals surface area contributed by atoms with E-state index in [0.29, 0.717) is 12.2 Å². The van der Waals surface area contributed by atoms with E-state index in [0.717, 1.165) is 25.2 Å². The maximum Gasteiger partial charge on any atom is 0.267 e.